The van der Waals surface area contributed by atoms with Crippen LogP contribution in [0, 0.1) is 0 Å². The van der Waals surface area contributed by atoms with E-state index in [0.717, 1.165) is 18.2 Å². The minimum absolute atomic E-state index is 0.396. The highest BCUT2D eigenvalue weighted by Gasteiger charge is 2.03. The molecule has 0 aliphatic carbocycles. The normalized spacial score (nSPS) is 9.58. The van der Waals surface area contributed by atoms with Crippen molar-refractivity contribution in [3.8, 4) is 0 Å². The van der Waals surface area contributed by atoms with Gasteiger partial charge in [0.1, 0.15) is 11.6 Å². The first-order chi connectivity index (χ1) is 17.7. The summed E-state index contributed by atoms with van der Waals surface area (Å²) in [7, 11) is 0. The number of carbonyl (C=O) groups is 1. The number of carbonyl (C=O) groups excluding carboxylic acids is 1. The van der Waals surface area contributed by atoms with Gasteiger partial charge >= 0.3 is 6.09 Å². The van der Waals surface area contributed by atoms with Crippen molar-refractivity contribution in [1.29, 1.82) is 0 Å². The third-order valence-corrected chi connectivity index (χ3v) is 5.27. The molecule has 188 valence electrons. The number of nitrogens with two attached hydrogens (primary N) is 1. The molecule has 4 aromatic rings. The number of nitrogens with zero attached hydrogens (tertiary/aromatic N) is 2. The van der Waals surface area contributed by atoms with Crippen molar-refractivity contribution in [1.82, 2.24) is 9.97 Å². The Kier molecular flexibility index (Phi) is 14.7. The van der Waals surface area contributed by atoms with Crippen LogP contribution in [0.4, 0.5) is 16.4 Å². The summed E-state index contributed by atoms with van der Waals surface area (Å²) in [5, 5.41) is 3.67. The molecule has 0 radical (unpaired) electrons. The number of nitrogens with one attached hydrogen (secondary N) is 1. The highest BCUT2D eigenvalue weighted by atomic mass is 79.9. The molecule has 1 amide bonds. The van der Waals surface area contributed by atoms with Gasteiger partial charge in [-0.2, -0.15) is 0 Å². The molecule has 3 N–H and O–H groups in total. The number of rotatable bonds is 8. The van der Waals surface area contributed by atoms with Gasteiger partial charge in [0.25, 0.3) is 0 Å². The Morgan fingerprint density at radius 2 is 1.31 bits per heavy atom. The van der Waals surface area contributed by atoms with Crippen LogP contribution in [-0.4, -0.2) is 28.0 Å². The van der Waals surface area contributed by atoms with Gasteiger partial charge in [0.2, 0.25) is 0 Å². The van der Waals surface area contributed by atoms with E-state index >= 15 is 0 Å². The number of anilines is 2. The van der Waals surface area contributed by atoms with Crippen LogP contribution >= 0.6 is 15.9 Å². The predicted octanol–water partition coefficient (Wildman–Crippen LogP) is 6.94. The van der Waals surface area contributed by atoms with Crippen molar-refractivity contribution in [3.05, 3.63) is 121 Å². The molecule has 0 spiro atoms. The summed E-state index contributed by atoms with van der Waals surface area (Å²) in [6, 6.07) is 31.4. The SMILES string of the molecule is BrCCCc1ccccc1.Nc1ccccn1.O=C(Nc1ccccn1)OCCCc1ccccc1. The summed E-state index contributed by atoms with van der Waals surface area (Å²) in [5.74, 6) is 1.07. The van der Waals surface area contributed by atoms with Crippen LogP contribution in [0.2, 0.25) is 0 Å². The number of halogens is 1. The molecule has 0 aliphatic heterocycles. The highest BCUT2D eigenvalue weighted by Crippen LogP contribution is 2.04. The predicted molar refractivity (Wildman–Crippen MR) is 151 cm³/mol. The van der Waals surface area contributed by atoms with Gasteiger partial charge in [0, 0.05) is 17.7 Å². The zero-order valence-electron chi connectivity index (χ0n) is 20.3. The van der Waals surface area contributed by atoms with Crippen LogP contribution in [0.25, 0.3) is 0 Å². The van der Waals surface area contributed by atoms with Crippen LogP contribution in [-0.2, 0) is 17.6 Å². The second-order valence-corrected chi connectivity index (χ2v) is 8.39. The van der Waals surface area contributed by atoms with Gasteiger partial charge in [0.15, 0.2) is 0 Å². The molecular formula is C29H33BrN4O2. The number of amides is 1. The molecule has 0 unspecified atom stereocenters. The van der Waals surface area contributed by atoms with Gasteiger partial charge in [-0.1, -0.05) is 88.7 Å². The number of aromatic nitrogens is 2. The van der Waals surface area contributed by atoms with Gasteiger partial charge < -0.3 is 10.5 Å². The molecule has 0 bridgehead atoms. The largest absolute Gasteiger partial charge is 0.449 e. The lowest BCUT2D eigenvalue weighted by atomic mass is 10.1. The first-order valence-corrected chi connectivity index (χ1v) is 12.9. The number of benzene rings is 2. The van der Waals surface area contributed by atoms with E-state index in [1.54, 1.807) is 36.7 Å². The third kappa shape index (κ3) is 13.9. The number of hydrogen-bond donors (Lipinski definition) is 2. The lowest BCUT2D eigenvalue weighted by Crippen LogP contribution is -2.15. The topological polar surface area (TPSA) is 90.1 Å². The number of nitrogen functional groups attached to an aromatic ring is 1. The fourth-order valence-corrected chi connectivity index (χ4v) is 3.24. The van der Waals surface area contributed by atoms with Gasteiger partial charge in [-0.25, -0.2) is 14.8 Å². The first-order valence-electron chi connectivity index (χ1n) is 11.8. The van der Waals surface area contributed by atoms with Gasteiger partial charge in [-0.3, -0.25) is 5.32 Å². The fraction of sp³-hybridized carbons (Fsp3) is 0.207. The second kappa shape index (κ2) is 18.6. The zero-order valence-corrected chi connectivity index (χ0v) is 21.9. The van der Waals surface area contributed by atoms with Crippen molar-refractivity contribution in [3.63, 3.8) is 0 Å². The Hall–Kier alpha value is -3.71. The van der Waals surface area contributed by atoms with Crippen LogP contribution in [0.3, 0.4) is 0 Å². The van der Waals surface area contributed by atoms with Crippen LogP contribution in [0.15, 0.2) is 109 Å². The van der Waals surface area contributed by atoms with E-state index in [9.17, 15) is 4.79 Å². The molecule has 2 heterocycles. The van der Waals surface area contributed by atoms with Crippen molar-refractivity contribution >= 4 is 33.7 Å². The Balaban J connectivity index is 0.000000222. The maximum atomic E-state index is 11.5. The van der Waals surface area contributed by atoms with Crippen LogP contribution in [0.1, 0.15) is 24.0 Å². The lowest BCUT2D eigenvalue weighted by Gasteiger charge is -2.06. The average Bonchev–Trinajstić information content (AvgIpc) is 2.93. The average molecular weight is 550 g/mol. The molecular weight excluding hydrogens is 516 g/mol. The summed E-state index contributed by atoms with van der Waals surface area (Å²) in [6.07, 6.45) is 6.93. The van der Waals surface area contributed by atoms with E-state index in [-0.39, 0.29) is 0 Å². The molecule has 2 aromatic heterocycles. The quantitative estimate of drug-likeness (QED) is 0.184. The van der Waals surface area contributed by atoms with Crippen molar-refractivity contribution in [2.45, 2.75) is 25.7 Å². The zero-order chi connectivity index (χ0) is 25.7. The summed E-state index contributed by atoms with van der Waals surface area (Å²) in [5.41, 5.74) is 7.93. The van der Waals surface area contributed by atoms with Gasteiger partial charge in [-0.15, -0.1) is 0 Å². The van der Waals surface area contributed by atoms with E-state index in [1.807, 2.05) is 30.3 Å². The molecule has 0 atom stereocenters. The van der Waals surface area contributed by atoms with Gasteiger partial charge in [-0.05, 0) is 61.1 Å². The summed E-state index contributed by atoms with van der Waals surface area (Å²) >= 11 is 3.41. The summed E-state index contributed by atoms with van der Waals surface area (Å²) < 4.78 is 5.08. The van der Waals surface area contributed by atoms with Crippen molar-refractivity contribution in [2.75, 3.05) is 23.0 Å². The highest BCUT2D eigenvalue weighted by molar-refractivity contribution is 9.09. The fourth-order valence-electron chi connectivity index (χ4n) is 2.95. The lowest BCUT2D eigenvalue weighted by molar-refractivity contribution is 0.160. The maximum Gasteiger partial charge on any atom is 0.412 e. The molecule has 0 fully saturated rings. The first kappa shape index (κ1) is 28.5. The number of alkyl halides is 1. The van der Waals surface area contributed by atoms with Gasteiger partial charge in [0.05, 0.1) is 6.61 Å². The molecule has 0 saturated heterocycles. The second-order valence-electron chi connectivity index (χ2n) is 7.60. The Labute approximate surface area is 222 Å². The minimum atomic E-state index is -0.466. The molecule has 0 aliphatic rings. The van der Waals surface area contributed by atoms with E-state index in [0.29, 0.717) is 18.2 Å². The van der Waals surface area contributed by atoms with Crippen molar-refractivity contribution in [2.24, 2.45) is 0 Å². The van der Waals surface area contributed by atoms with Crippen LogP contribution < -0.4 is 11.1 Å². The molecule has 36 heavy (non-hydrogen) atoms. The number of pyridine rings is 2. The Bertz CT molecular complexity index is 1070. The monoisotopic (exact) mass is 548 g/mol. The number of aryl methyl sites for hydroxylation is 2. The summed E-state index contributed by atoms with van der Waals surface area (Å²) in [6.45, 7) is 0.396. The molecule has 7 heteroatoms. The van der Waals surface area contributed by atoms with E-state index in [2.05, 4.69) is 73.7 Å². The molecule has 4 rings (SSSR count). The molecule has 0 saturated carbocycles. The molecule has 2 aromatic carbocycles. The Morgan fingerprint density at radius 3 is 1.78 bits per heavy atom. The third-order valence-electron chi connectivity index (χ3n) is 4.71. The standard InChI is InChI=1S/C15H16N2O2.C9H11Br.C5H6N2/c18-15(17-14-10-4-5-11-16-14)19-12-6-9-13-7-2-1-3-8-13;10-8-4-7-9-5-2-1-3-6-9;6-5-3-1-2-4-7-5/h1-5,7-8,10-11H,6,9,12H2,(H,16,17,18);1-3,5-6H,4,7-8H2;1-4H,(H2,6,7). The number of ether oxygens (including phenoxy) is 1. The van der Waals surface area contributed by atoms with E-state index in [1.165, 1.54) is 24.0 Å². The van der Waals surface area contributed by atoms with E-state index < -0.39 is 6.09 Å². The van der Waals surface area contributed by atoms with Crippen LogP contribution in [0.5, 0.6) is 0 Å². The molecule has 6 nitrogen and oxygen atoms in total. The maximum absolute atomic E-state index is 11.5. The minimum Gasteiger partial charge on any atom is -0.449 e. The Morgan fingerprint density at radius 1 is 0.750 bits per heavy atom. The number of hydrogen-bond acceptors (Lipinski definition) is 5. The van der Waals surface area contributed by atoms with E-state index in [4.69, 9.17) is 10.5 Å². The smallest absolute Gasteiger partial charge is 0.412 e. The summed E-state index contributed by atoms with van der Waals surface area (Å²) in [4.78, 5) is 19.2. The van der Waals surface area contributed by atoms with Crippen molar-refractivity contribution < 1.29 is 9.53 Å².